The van der Waals surface area contributed by atoms with Gasteiger partial charge < -0.3 is 10.4 Å². The van der Waals surface area contributed by atoms with Crippen LogP contribution in [-0.2, 0) is 6.54 Å². The molecule has 0 amide bonds. The molecule has 1 heterocycles. The fourth-order valence-electron chi connectivity index (χ4n) is 1.28. The summed E-state index contributed by atoms with van der Waals surface area (Å²) in [5.41, 5.74) is 1.08. The van der Waals surface area contributed by atoms with Gasteiger partial charge in [0, 0.05) is 17.3 Å². The number of rotatable bonds is 3. The molecule has 0 aromatic carbocycles. The number of aliphatic hydroxyl groups is 1. The van der Waals surface area contributed by atoms with Crippen LogP contribution in [0.4, 0.5) is 5.82 Å². The average Bonchev–Trinajstić information content (AvgIpc) is 2.28. The average molecular weight is 197 g/mol. The van der Waals surface area contributed by atoms with E-state index in [1.807, 2.05) is 13.0 Å². The monoisotopic (exact) mass is 197 g/mol. The van der Waals surface area contributed by atoms with Crippen molar-refractivity contribution in [1.82, 2.24) is 9.78 Å². The smallest absolute Gasteiger partial charge is 0.148 e. The van der Waals surface area contributed by atoms with Crippen LogP contribution in [-0.4, -0.2) is 27.0 Å². The summed E-state index contributed by atoms with van der Waals surface area (Å²) >= 11 is 0. The first-order chi connectivity index (χ1) is 6.42. The SMILES string of the molecule is Cc1cc(NC(C)(C)C)nn1CCO. The predicted molar refractivity (Wildman–Crippen MR) is 57.4 cm³/mol. The third-order valence-electron chi connectivity index (χ3n) is 1.80. The Morgan fingerprint density at radius 2 is 2.14 bits per heavy atom. The second-order valence-corrected chi connectivity index (χ2v) is 4.49. The molecule has 0 fully saturated rings. The molecule has 0 aliphatic carbocycles. The molecule has 1 rings (SSSR count). The van der Waals surface area contributed by atoms with Crippen LogP contribution in [0.15, 0.2) is 6.07 Å². The topological polar surface area (TPSA) is 50.1 Å². The molecule has 14 heavy (non-hydrogen) atoms. The number of nitrogens with one attached hydrogen (secondary N) is 1. The molecule has 0 bridgehead atoms. The summed E-state index contributed by atoms with van der Waals surface area (Å²) in [6.45, 7) is 8.93. The van der Waals surface area contributed by atoms with Gasteiger partial charge in [-0.05, 0) is 27.7 Å². The van der Waals surface area contributed by atoms with Crippen molar-refractivity contribution in [3.8, 4) is 0 Å². The fraction of sp³-hybridized carbons (Fsp3) is 0.700. The molecule has 0 saturated heterocycles. The first-order valence-electron chi connectivity index (χ1n) is 4.86. The van der Waals surface area contributed by atoms with Crippen LogP contribution >= 0.6 is 0 Å². The highest BCUT2D eigenvalue weighted by molar-refractivity contribution is 5.37. The van der Waals surface area contributed by atoms with Gasteiger partial charge in [-0.15, -0.1) is 0 Å². The van der Waals surface area contributed by atoms with E-state index in [0.717, 1.165) is 11.5 Å². The Morgan fingerprint density at radius 1 is 1.50 bits per heavy atom. The Hall–Kier alpha value is -1.03. The summed E-state index contributed by atoms with van der Waals surface area (Å²) in [7, 11) is 0. The Bertz CT molecular complexity index is 299. The molecule has 4 heteroatoms. The van der Waals surface area contributed by atoms with E-state index in [1.54, 1.807) is 4.68 Å². The third kappa shape index (κ3) is 3.03. The molecule has 0 saturated carbocycles. The number of aliphatic hydroxyl groups excluding tert-OH is 1. The number of hydrogen-bond donors (Lipinski definition) is 2. The molecule has 4 nitrogen and oxygen atoms in total. The Kier molecular flexibility index (Phi) is 3.16. The van der Waals surface area contributed by atoms with E-state index >= 15 is 0 Å². The van der Waals surface area contributed by atoms with Crippen LogP contribution in [0.5, 0.6) is 0 Å². The Labute approximate surface area is 84.9 Å². The molecule has 1 aromatic rings. The molecule has 80 valence electrons. The molecule has 0 radical (unpaired) electrons. The lowest BCUT2D eigenvalue weighted by molar-refractivity contribution is 0.268. The summed E-state index contributed by atoms with van der Waals surface area (Å²) in [5, 5.41) is 16.4. The van der Waals surface area contributed by atoms with Crippen LogP contribution < -0.4 is 5.32 Å². The van der Waals surface area contributed by atoms with Gasteiger partial charge in [0.2, 0.25) is 0 Å². The van der Waals surface area contributed by atoms with Crippen LogP contribution in [0.25, 0.3) is 0 Å². The molecule has 2 N–H and O–H groups in total. The lowest BCUT2D eigenvalue weighted by Crippen LogP contribution is -2.26. The third-order valence-corrected chi connectivity index (χ3v) is 1.80. The molecule has 1 aromatic heterocycles. The van der Waals surface area contributed by atoms with Crippen LogP contribution in [0.3, 0.4) is 0 Å². The maximum absolute atomic E-state index is 8.80. The van der Waals surface area contributed by atoms with Crippen molar-refractivity contribution in [1.29, 1.82) is 0 Å². The first-order valence-corrected chi connectivity index (χ1v) is 4.86. The van der Waals surface area contributed by atoms with Gasteiger partial charge in [-0.3, -0.25) is 4.68 Å². The zero-order valence-electron chi connectivity index (χ0n) is 9.33. The fourth-order valence-corrected chi connectivity index (χ4v) is 1.28. The van der Waals surface area contributed by atoms with Crippen molar-refractivity contribution < 1.29 is 5.11 Å². The van der Waals surface area contributed by atoms with E-state index in [9.17, 15) is 0 Å². The lowest BCUT2D eigenvalue weighted by Gasteiger charge is -2.19. The normalized spacial score (nSPS) is 11.8. The zero-order chi connectivity index (χ0) is 10.8. The molecule has 0 aliphatic rings. The Morgan fingerprint density at radius 3 is 2.64 bits per heavy atom. The standard InChI is InChI=1S/C10H19N3O/c1-8-7-9(11-10(2,3)4)12-13(8)5-6-14/h7,14H,5-6H2,1-4H3,(H,11,12). The van der Waals surface area contributed by atoms with Crippen molar-refractivity contribution in [3.63, 3.8) is 0 Å². The maximum Gasteiger partial charge on any atom is 0.148 e. The molecular weight excluding hydrogens is 178 g/mol. The van der Waals surface area contributed by atoms with Gasteiger partial charge >= 0.3 is 0 Å². The second-order valence-electron chi connectivity index (χ2n) is 4.49. The van der Waals surface area contributed by atoms with Gasteiger partial charge in [0.15, 0.2) is 0 Å². The van der Waals surface area contributed by atoms with Crippen molar-refractivity contribution >= 4 is 5.82 Å². The maximum atomic E-state index is 8.80. The number of nitrogens with zero attached hydrogens (tertiary/aromatic N) is 2. The number of aryl methyl sites for hydroxylation is 1. The van der Waals surface area contributed by atoms with Crippen LogP contribution in [0.1, 0.15) is 26.5 Å². The predicted octanol–water partition coefficient (Wildman–Crippen LogP) is 1.39. The minimum Gasteiger partial charge on any atom is -0.394 e. The number of anilines is 1. The quantitative estimate of drug-likeness (QED) is 0.770. The molecule has 0 unspecified atom stereocenters. The highest BCUT2D eigenvalue weighted by Crippen LogP contribution is 2.14. The van der Waals surface area contributed by atoms with Gasteiger partial charge in [-0.1, -0.05) is 0 Å². The number of hydrogen-bond acceptors (Lipinski definition) is 3. The summed E-state index contributed by atoms with van der Waals surface area (Å²) < 4.78 is 1.80. The molecule has 0 atom stereocenters. The minimum absolute atomic E-state index is 0.0187. The molecule has 0 aliphatic heterocycles. The van der Waals surface area contributed by atoms with E-state index < -0.39 is 0 Å². The summed E-state index contributed by atoms with van der Waals surface area (Å²) in [5.74, 6) is 0.864. The zero-order valence-corrected chi connectivity index (χ0v) is 9.33. The van der Waals surface area contributed by atoms with Crippen LogP contribution in [0.2, 0.25) is 0 Å². The van der Waals surface area contributed by atoms with E-state index in [0.29, 0.717) is 6.54 Å². The second kappa shape index (κ2) is 4.00. The van der Waals surface area contributed by atoms with E-state index in [2.05, 4.69) is 31.2 Å². The van der Waals surface area contributed by atoms with Crippen LogP contribution in [0, 0.1) is 6.92 Å². The van der Waals surface area contributed by atoms with Gasteiger partial charge in [0.25, 0.3) is 0 Å². The number of aromatic nitrogens is 2. The summed E-state index contributed by atoms with van der Waals surface area (Å²) in [4.78, 5) is 0. The summed E-state index contributed by atoms with van der Waals surface area (Å²) in [6, 6.07) is 1.99. The van der Waals surface area contributed by atoms with Gasteiger partial charge in [0.05, 0.1) is 13.2 Å². The van der Waals surface area contributed by atoms with Gasteiger partial charge in [-0.2, -0.15) is 5.10 Å². The Balaban J connectivity index is 2.75. The lowest BCUT2D eigenvalue weighted by atomic mass is 10.1. The van der Waals surface area contributed by atoms with Crippen molar-refractivity contribution in [2.75, 3.05) is 11.9 Å². The van der Waals surface area contributed by atoms with E-state index in [1.165, 1.54) is 0 Å². The van der Waals surface area contributed by atoms with Crippen molar-refractivity contribution in [2.45, 2.75) is 39.8 Å². The highest BCUT2D eigenvalue weighted by atomic mass is 16.3. The van der Waals surface area contributed by atoms with Crippen molar-refractivity contribution in [2.24, 2.45) is 0 Å². The van der Waals surface area contributed by atoms with Gasteiger partial charge in [-0.25, -0.2) is 0 Å². The summed E-state index contributed by atoms with van der Waals surface area (Å²) in [6.07, 6.45) is 0. The largest absolute Gasteiger partial charge is 0.394 e. The van der Waals surface area contributed by atoms with Crippen molar-refractivity contribution in [3.05, 3.63) is 11.8 Å². The molecule has 0 spiro atoms. The van der Waals surface area contributed by atoms with E-state index in [-0.39, 0.29) is 12.1 Å². The highest BCUT2D eigenvalue weighted by Gasteiger charge is 2.12. The minimum atomic E-state index is 0.0187. The van der Waals surface area contributed by atoms with E-state index in [4.69, 9.17) is 5.11 Å². The first kappa shape index (κ1) is 11.0. The van der Waals surface area contributed by atoms with Gasteiger partial charge in [0.1, 0.15) is 5.82 Å². The molecular formula is C10H19N3O.